The number of aryl methyl sites for hydroxylation is 1. The summed E-state index contributed by atoms with van der Waals surface area (Å²) in [6.45, 7) is 1.74. The molecule has 1 aliphatic rings. The molecule has 2 amide bonds. The van der Waals surface area contributed by atoms with Gasteiger partial charge in [0.1, 0.15) is 17.3 Å². The van der Waals surface area contributed by atoms with Gasteiger partial charge in [-0.15, -0.1) is 0 Å². The van der Waals surface area contributed by atoms with E-state index in [9.17, 15) is 18.4 Å². The minimum absolute atomic E-state index is 0.0407. The average Bonchev–Trinajstić information content (AvgIpc) is 3.24. The smallest absolute Gasteiger partial charge is 0.274 e. The molecular weight excluding hydrogens is 502 g/mol. The molecule has 5 aromatic rings. The highest BCUT2D eigenvalue weighted by Gasteiger charge is 2.31. The number of imidazole rings is 1. The van der Waals surface area contributed by atoms with Gasteiger partial charge in [-0.2, -0.15) is 5.10 Å². The van der Waals surface area contributed by atoms with Crippen LogP contribution in [0, 0.1) is 18.6 Å². The van der Waals surface area contributed by atoms with Gasteiger partial charge in [0.25, 0.3) is 11.8 Å². The van der Waals surface area contributed by atoms with E-state index >= 15 is 0 Å². The zero-order valence-electron chi connectivity index (χ0n) is 20.5. The summed E-state index contributed by atoms with van der Waals surface area (Å²) >= 11 is 0. The second kappa shape index (κ2) is 9.56. The third-order valence-corrected chi connectivity index (χ3v) is 6.29. The number of benzene rings is 3. The van der Waals surface area contributed by atoms with Crippen LogP contribution in [-0.2, 0) is 4.79 Å². The number of fused-ring (bicyclic) bond motifs is 2. The lowest BCUT2D eigenvalue weighted by atomic mass is 10.0. The Morgan fingerprint density at radius 1 is 0.897 bits per heavy atom. The Kier molecular flexibility index (Phi) is 5.91. The van der Waals surface area contributed by atoms with E-state index in [-0.39, 0.29) is 22.6 Å². The molecule has 3 heterocycles. The number of carbonyl (C=O) groups is 2. The zero-order chi connectivity index (χ0) is 27.1. The van der Waals surface area contributed by atoms with E-state index in [1.54, 1.807) is 55.5 Å². The van der Waals surface area contributed by atoms with Crippen molar-refractivity contribution in [3.63, 3.8) is 0 Å². The average molecular weight is 523 g/mol. The first-order valence-corrected chi connectivity index (χ1v) is 12.1. The maximum absolute atomic E-state index is 14.8. The number of benzodiazepines with no additional fused rings is 1. The van der Waals surface area contributed by atoms with Crippen molar-refractivity contribution >= 4 is 28.9 Å². The van der Waals surface area contributed by atoms with Crippen molar-refractivity contribution in [1.82, 2.24) is 19.9 Å². The fourth-order valence-electron chi connectivity index (χ4n) is 4.48. The van der Waals surface area contributed by atoms with Crippen molar-refractivity contribution in [2.75, 3.05) is 5.32 Å². The molecular formula is C29H20F2N6O2. The molecule has 0 spiro atoms. The van der Waals surface area contributed by atoms with Crippen LogP contribution in [0.5, 0.6) is 0 Å². The van der Waals surface area contributed by atoms with Gasteiger partial charge in [-0.25, -0.2) is 23.3 Å². The largest absolute Gasteiger partial charge is 0.321 e. The van der Waals surface area contributed by atoms with Gasteiger partial charge in [0.05, 0.1) is 17.1 Å². The second-order valence-electron chi connectivity index (χ2n) is 8.90. The number of nitrogens with one attached hydrogen (secondary N) is 2. The lowest BCUT2D eigenvalue weighted by Crippen LogP contribution is -2.43. The molecule has 6 rings (SSSR count). The van der Waals surface area contributed by atoms with Gasteiger partial charge >= 0.3 is 0 Å². The van der Waals surface area contributed by atoms with Crippen LogP contribution in [0.25, 0.3) is 16.9 Å². The van der Waals surface area contributed by atoms with Gasteiger partial charge in [-0.05, 0) is 37.3 Å². The van der Waals surface area contributed by atoms with Crippen LogP contribution in [0.4, 0.5) is 14.5 Å². The minimum Gasteiger partial charge on any atom is -0.321 e. The lowest BCUT2D eigenvalue weighted by Gasteiger charge is -2.14. The zero-order valence-corrected chi connectivity index (χ0v) is 20.5. The van der Waals surface area contributed by atoms with Gasteiger partial charge < -0.3 is 10.6 Å². The molecule has 0 saturated carbocycles. The van der Waals surface area contributed by atoms with Crippen molar-refractivity contribution in [3.05, 3.63) is 119 Å². The molecule has 0 bridgehead atoms. The number of rotatable bonds is 4. The van der Waals surface area contributed by atoms with E-state index in [0.717, 1.165) is 0 Å². The van der Waals surface area contributed by atoms with E-state index in [1.807, 2.05) is 6.07 Å². The summed E-state index contributed by atoms with van der Waals surface area (Å²) in [6.07, 6.45) is -1.44. The van der Waals surface area contributed by atoms with Crippen molar-refractivity contribution in [2.24, 2.45) is 4.99 Å². The summed E-state index contributed by atoms with van der Waals surface area (Å²) in [5.74, 6) is -2.72. The number of amides is 2. The molecule has 2 N–H and O–H groups in total. The first-order chi connectivity index (χ1) is 18.9. The van der Waals surface area contributed by atoms with Gasteiger partial charge in [0, 0.05) is 16.7 Å². The monoisotopic (exact) mass is 522 g/mol. The number of aromatic nitrogens is 3. The van der Waals surface area contributed by atoms with Crippen LogP contribution in [-0.4, -0.2) is 38.3 Å². The maximum Gasteiger partial charge on any atom is 0.274 e. The topological polar surface area (TPSA) is 101 Å². The van der Waals surface area contributed by atoms with E-state index in [1.165, 1.54) is 34.8 Å². The second-order valence-corrected chi connectivity index (χ2v) is 8.90. The molecule has 39 heavy (non-hydrogen) atoms. The van der Waals surface area contributed by atoms with Gasteiger partial charge in [-0.1, -0.05) is 54.6 Å². The van der Waals surface area contributed by atoms with Crippen LogP contribution in [0.3, 0.4) is 0 Å². The summed E-state index contributed by atoms with van der Waals surface area (Å²) in [5, 5.41) is 9.57. The number of para-hydroxylation sites is 1. The van der Waals surface area contributed by atoms with Crippen molar-refractivity contribution in [3.8, 4) is 11.3 Å². The number of carbonyl (C=O) groups excluding carboxylic acids is 2. The molecule has 192 valence electrons. The molecule has 0 aliphatic carbocycles. The van der Waals surface area contributed by atoms with E-state index in [0.29, 0.717) is 28.2 Å². The first-order valence-electron chi connectivity index (χ1n) is 12.1. The molecule has 10 heteroatoms. The summed E-state index contributed by atoms with van der Waals surface area (Å²) in [4.78, 5) is 36.0. The summed E-state index contributed by atoms with van der Waals surface area (Å²) in [6, 6.07) is 22.6. The van der Waals surface area contributed by atoms with Crippen molar-refractivity contribution in [2.45, 2.75) is 13.1 Å². The van der Waals surface area contributed by atoms with E-state index in [4.69, 9.17) is 0 Å². The number of anilines is 1. The summed E-state index contributed by atoms with van der Waals surface area (Å²) in [7, 11) is 0. The highest BCUT2D eigenvalue weighted by molar-refractivity contribution is 6.20. The predicted octanol–water partition coefficient (Wildman–Crippen LogP) is 4.53. The van der Waals surface area contributed by atoms with Crippen LogP contribution < -0.4 is 10.6 Å². The van der Waals surface area contributed by atoms with Gasteiger partial charge in [-0.3, -0.25) is 9.59 Å². The highest BCUT2D eigenvalue weighted by atomic mass is 19.1. The molecule has 2 aromatic heterocycles. The molecule has 1 atom stereocenters. The molecule has 0 saturated heterocycles. The molecule has 0 radical (unpaired) electrons. The third-order valence-electron chi connectivity index (χ3n) is 6.29. The number of nitrogens with zero attached hydrogens (tertiary/aromatic N) is 4. The quantitative estimate of drug-likeness (QED) is 0.362. The van der Waals surface area contributed by atoms with Crippen LogP contribution in [0.2, 0.25) is 0 Å². The van der Waals surface area contributed by atoms with Crippen molar-refractivity contribution in [1.29, 1.82) is 0 Å². The molecule has 0 unspecified atom stereocenters. The number of halogens is 2. The standard InChI is InChI=1S/C29H20F2N6O2/c1-16-14-15-22-32-25(18-10-5-6-12-20(18)30)26(37(22)36-16)28(38)35-27-29(39)34-24-19(11-7-13-21(24)31)23(33-27)17-8-3-2-4-9-17/h2-15,27H,1H3,(H,34,39)(H,35,38)/t27-/m1/s1. The first kappa shape index (κ1) is 24.1. The normalized spacial score (nSPS) is 14.8. The van der Waals surface area contributed by atoms with Crippen LogP contribution in [0.15, 0.2) is 89.9 Å². The highest BCUT2D eigenvalue weighted by Crippen LogP contribution is 2.29. The SMILES string of the molecule is Cc1ccc2nc(-c3ccccc3F)c(C(=O)N[C@H]3N=C(c4ccccc4)c4cccc(F)c4NC3=O)n2n1. The Morgan fingerprint density at radius 2 is 1.62 bits per heavy atom. The minimum atomic E-state index is -1.44. The Balaban J connectivity index is 1.47. The molecule has 3 aromatic carbocycles. The van der Waals surface area contributed by atoms with Crippen LogP contribution >= 0.6 is 0 Å². The van der Waals surface area contributed by atoms with Gasteiger partial charge in [0.15, 0.2) is 11.3 Å². The lowest BCUT2D eigenvalue weighted by molar-refractivity contribution is -0.117. The van der Waals surface area contributed by atoms with Gasteiger partial charge in [0.2, 0.25) is 6.17 Å². The van der Waals surface area contributed by atoms with E-state index < -0.39 is 29.6 Å². The maximum atomic E-state index is 14.8. The van der Waals surface area contributed by atoms with E-state index in [2.05, 4.69) is 25.7 Å². The fourth-order valence-corrected chi connectivity index (χ4v) is 4.48. The summed E-state index contributed by atoms with van der Waals surface area (Å²) < 4.78 is 30.9. The molecule has 1 aliphatic heterocycles. The van der Waals surface area contributed by atoms with Crippen molar-refractivity contribution < 1.29 is 18.4 Å². The fraction of sp³-hybridized carbons (Fsp3) is 0.0690. The Labute approximate surface area is 221 Å². The Bertz CT molecular complexity index is 1800. The third kappa shape index (κ3) is 4.31. The Morgan fingerprint density at radius 3 is 2.41 bits per heavy atom. The Hall–Kier alpha value is -5.25. The number of hydrogen-bond acceptors (Lipinski definition) is 5. The van der Waals surface area contributed by atoms with Crippen LogP contribution in [0.1, 0.15) is 27.3 Å². The predicted molar refractivity (Wildman–Crippen MR) is 141 cm³/mol. The molecule has 0 fully saturated rings. The number of aliphatic imine (C=N–C) groups is 1. The molecule has 8 nitrogen and oxygen atoms in total. The number of hydrogen-bond donors (Lipinski definition) is 2. The summed E-state index contributed by atoms with van der Waals surface area (Å²) in [5.41, 5.74) is 2.25.